The summed E-state index contributed by atoms with van der Waals surface area (Å²) >= 11 is 0. The van der Waals surface area contributed by atoms with Gasteiger partial charge in [0.2, 0.25) is 0 Å². The Bertz CT molecular complexity index is 2530. The van der Waals surface area contributed by atoms with Crippen LogP contribution in [0.2, 0.25) is 0 Å². The van der Waals surface area contributed by atoms with Crippen LogP contribution in [-0.2, 0) is 0 Å². The Kier molecular flexibility index (Phi) is 27.1. The van der Waals surface area contributed by atoms with Crippen LogP contribution in [0.15, 0.2) is 106 Å². The molecule has 12 nitrogen and oxygen atoms in total. The highest BCUT2D eigenvalue weighted by atomic mass is 16.5. The lowest BCUT2D eigenvalue weighted by atomic mass is 10.0. The van der Waals surface area contributed by atoms with Crippen molar-refractivity contribution in [2.45, 2.75) is 170 Å². The van der Waals surface area contributed by atoms with E-state index in [0.29, 0.717) is 72.2 Å². The summed E-state index contributed by atoms with van der Waals surface area (Å²) in [6.45, 7) is 14.5. The molecule has 1 aliphatic rings. The first-order chi connectivity index (χ1) is 37.0. The van der Waals surface area contributed by atoms with Gasteiger partial charge in [-0.1, -0.05) is 181 Å². The van der Waals surface area contributed by atoms with Gasteiger partial charge in [0.05, 0.1) is 71.5 Å². The van der Waals surface area contributed by atoms with E-state index in [9.17, 15) is 19.8 Å². The number of allylic oxidation sites excluding steroid dienone is 2. The number of nitrogens with one attached hydrogen (secondary N) is 2. The van der Waals surface area contributed by atoms with Crippen LogP contribution in [0.4, 0.5) is 22.7 Å². The van der Waals surface area contributed by atoms with E-state index in [1.807, 2.05) is 0 Å². The number of fused-ring (bicyclic) bond motifs is 2. The monoisotopic (exact) mass is 1040 g/mol. The maximum absolute atomic E-state index is 14.5. The number of hydrogen-bond acceptors (Lipinski definition) is 12. The molecule has 412 valence electrons. The summed E-state index contributed by atoms with van der Waals surface area (Å²) in [6, 6.07) is 19.9. The Balaban J connectivity index is 1.56. The predicted molar refractivity (Wildman–Crippen MR) is 313 cm³/mol. The summed E-state index contributed by atoms with van der Waals surface area (Å²) in [5.74, 6) is 1.02. The van der Waals surface area contributed by atoms with Crippen molar-refractivity contribution in [1.82, 2.24) is 0 Å². The number of unbranched alkanes of at least 4 members (excludes halogenated alkanes) is 18. The number of rotatable bonds is 34. The fourth-order valence-electron chi connectivity index (χ4n) is 8.60. The molecule has 76 heavy (non-hydrogen) atoms. The van der Waals surface area contributed by atoms with E-state index in [2.05, 4.69) is 52.2 Å². The van der Waals surface area contributed by atoms with Crippen LogP contribution < -0.4 is 29.6 Å². The zero-order chi connectivity index (χ0) is 54.3. The van der Waals surface area contributed by atoms with Gasteiger partial charge in [-0.05, 0) is 48.9 Å². The number of Topliss-reactive ketones (excluding diaryl/α,β-unsaturated/α-hetero) is 2. The second kappa shape index (κ2) is 34.2. The predicted octanol–water partition coefficient (Wildman–Crippen LogP) is 17.2. The fraction of sp³-hybridized carbons (Fsp3) is 0.500. The number of anilines is 2. The van der Waals surface area contributed by atoms with E-state index in [1.54, 1.807) is 60.7 Å². The molecule has 0 spiro atoms. The molecule has 12 heteroatoms. The lowest BCUT2D eigenvalue weighted by molar-refractivity contribution is 0.103. The molecule has 5 rings (SSSR count). The van der Waals surface area contributed by atoms with Crippen molar-refractivity contribution < 1.29 is 38.7 Å². The number of aromatic hydroxyl groups is 2. The van der Waals surface area contributed by atoms with E-state index in [4.69, 9.17) is 28.9 Å². The summed E-state index contributed by atoms with van der Waals surface area (Å²) < 4.78 is 25.7. The number of carbonyl (C=O) groups is 2. The van der Waals surface area contributed by atoms with Gasteiger partial charge in [0.1, 0.15) is 11.5 Å². The Hall–Kier alpha value is -6.56. The summed E-state index contributed by atoms with van der Waals surface area (Å²) in [5.41, 5.74) is 2.03. The molecule has 0 unspecified atom stereocenters. The molecule has 0 saturated heterocycles. The molecular weight excluding hydrogens is 953 g/mol. The fourth-order valence-corrected chi connectivity index (χ4v) is 8.60. The van der Waals surface area contributed by atoms with Crippen molar-refractivity contribution in [2.75, 3.05) is 37.1 Å². The molecule has 1 heterocycles. The van der Waals surface area contributed by atoms with Crippen LogP contribution in [0, 0.1) is 11.8 Å². The van der Waals surface area contributed by atoms with E-state index in [1.165, 1.54) is 127 Å². The first kappa shape index (κ1) is 60.3. The van der Waals surface area contributed by atoms with Gasteiger partial charge in [-0.2, -0.15) is 0 Å². The Labute approximate surface area is 454 Å². The number of carbonyl (C=O) groups excluding carboxylic acids is 2. The lowest BCUT2D eigenvalue weighted by Crippen LogP contribution is -2.10. The number of aliphatic imine (C=N–C) groups is 2. The smallest absolute Gasteiger partial charge is 0.199 e. The van der Waals surface area contributed by atoms with Crippen molar-refractivity contribution in [3.8, 4) is 34.5 Å². The summed E-state index contributed by atoms with van der Waals surface area (Å²) in [5, 5.41) is 28.5. The average Bonchev–Trinajstić information content (AvgIpc) is 3.41. The number of phenolic OH excluding ortho intramolecular Hbond substituents is 2. The van der Waals surface area contributed by atoms with E-state index in [0.717, 1.165) is 38.5 Å². The van der Waals surface area contributed by atoms with Crippen LogP contribution in [-0.4, -0.2) is 60.6 Å². The first-order valence-electron chi connectivity index (χ1n) is 28.5. The number of ether oxygens (including phenoxy) is 4. The molecule has 0 fully saturated rings. The number of nitrogens with zero attached hydrogens (tertiary/aromatic N) is 2. The van der Waals surface area contributed by atoms with Crippen molar-refractivity contribution in [3.63, 3.8) is 0 Å². The third kappa shape index (κ3) is 20.9. The molecule has 4 N–H and O–H groups in total. The molecule has 0 amide bonds. The SMILES string of the molecule is CCCCCCCCCCCCOc1cc2c(cc1OCC(C)C)N=C/C(C(=O)c1ccccc1O)=C\Nc1cc(OCC(C)C)c(OCCCCCCCCCCCC)cc1N=C/C(C(=O)c1ccccc1O)=C\N2. The van der Waals surface area contributed by atoms with Gasteiger partial charge in [-0.3, -0.25) is 19.6 Å². The zero-order valence-corrected chi connectivity index (χ0v) is 46.6. The van der Waals surface area contributed by atoms with Crippen molar-refractivity contribution in [1.29, 1.82) is 0 Å². The zero-order valence-electron chi connectivity index (χ0n) is 46.6. The number of ketones is 2. The summed E-state index contributed by atoms with van der Waals surface area (Å²) in [6.07, 6.45) is 29.9. The topological polar surface area (TPSA) is 160 Å². The third-order valence-electron chi connectivity index (χ3n) is 13.1. The van der Waals surface area contributed by atoms with Gasteiger partial charge in [-0.25, -0.2) is 0 Å². The Morgan fingerprint density at radius 2 is 0.789 bits per heavy atom. The van der Waals surface area contributed by atoms with Gasteiger partial charge in [0.15, 0.2) is 34.6 Å². The van der Waals surface area contributed by atoms with Crippen LogP contribution in [0.1, 0.15) is 191 Å². The molecular formula is C64H88N4O8. The highest BCUT2D eigenvalue weighted by molar-refractivity contribution is 6.23. The molecule has 4 aromatic rings. The van der Waals surface area contributed by atoms with E-state index < -0.39 is 11.6 Å². The third-order valence-corrected chi connectivity index (χ3v) is 13.1. The van der Waals surface area contributed by atoms with Crippen LogP contribution in [0.25, 0.3) is 0 Å². The van der Waals surface area contributed by atoms with Crippen LogP contribution in [0.5, 0.6) is 34.5 Å². The maximum Gasteiger partial charge on any atom is 0.199 e. The van der Waals surface area contributed by atoms with Crippen LogP contribution >= 0.6 is 0 Å². The minimum atomic E-state index is -0.489. The summed E-state index contributed by atoms with van der Waals surface area (Å²) in [7, 11) is 0. The second-order valence-corrected chi connectivity index (χ2v) is 20.8. The van der Waals surface area contributed by atoms with Gasteiger partial charge < -0.3 is 39.8 Å². The van der Waals surface area contributed by atoms with Gasteiger partial charge in [0, 0.05) is 49.1 Å². The number of benzene rings is 4. The molecule has 0 atom stereocenters. The normalized spacial score (nSPS) is 13.8. The van der Waals surface area contributed by atoms with Crippen LogP contribution in [0.3, 0.4) is 0 Å². The minimum absolute atomic E-state index is 0.0864. The number of phenols is 2. The van der Waals surface area contributed by atoms with Crippen molar-refractivity contribution in [2.24, 2.45) is 21.8 Å². The van der Waals surface area contributed by atoms with E-state index >= 15 is 0 Å². The molecule has 1 aliphatic heterocycles. The summed E-state index contributed by atoms with van der Waals surface area (Å²) in [4.78, 5) is 38.8. The first-order valence-corrected chi connectivity index (χ1v) is 28.5. The van der Waals surface area contributed by atoms with Gasteiger partial charge in [0.25, 0.3) is 0 Å². The lowest BCUT2D eigenvalue weighted by Gasteiger charge is -2.18. The van der Waals surface area contributed by atoms with Crippen molar-refractivity contribution in [3.05, 3.63) is 107 Å². The largest absolute Gasteiger partial charge is 0.507 e. The average molecular weight is 1040 g/mol. The standard InChI is InChI=1S/C64H88N4O8/c1-7-9-11-13-15-17-19-21-23-29-35-73-59-37-53-55(39-61(59)75-45-47(3)4)67-43-50(64(72)52-32-26-28-34-58(52)70)44-68-56-40-62(76-46-48(5)6)60(74-36-30-24-22-20-18-16-14-12-10-8-2)38-54(56)66-42-49(41-65-53)63(71)51-31-25-27-33-57(51)69/h25-28,31-34,37-44,47-48,65,68-70H,7-24,29-30,35-36,45-46H2,1-6H3/b49-41+,50-44+,66-42?,67-43?. The number of para-hydroxylation sites is 2. The number of hydrogen-bond donors (Lipinski definition) is 4. The molecule has 0 radical (unpaired) electrons. The molecule has 0 bridgehead atoms. The molecule has 0 aromatic heterocycles. The minimum Gasteiger partial charge on any atom is -0.507 e. The maximum atomic E-state index is 14.5. The highest BCUT2D eigenvalue weighted by Crippen LogP contribution is 2.41. The second-order valence-electron chi connectivity index (χ2n) is 20.8. The molecule has 0 saturated carbocycles. The Morgan fingerprint density at radius 1 is 0.461 bits per heavy atom. The highest BCUT2D eigenvalue weighted by Gasteiger charge is 2.21. The van der Waals surface area contributed by atoms with E-state index in [-0.39, 0.29) is 45.6 Å². The molecule has 0 aliphatic carbocycles. The quantitative estimate of drug-likeness (QED) is 0.0262. The molecule has 4 aromatic carbocycles. The van der Waals surface area contributed by atoms with Gasteiger partial charge in [-0.15, -0.1) is 0 Å². The van der Waals surface area contributed by atoms with Crippen molar-refractivity contribution >= 4 is 46.7 Å². The Morgan fingerprint density at radius 3 is 1.16 bits per heavy atom. The van der Waals surface area contributed by atoms with Gasteiger partial charge >= 0.3 is 0 Å².